The predicted molar refractivity (Wildman–Crippen MR) is 314 cm³/mol. The lowest BCUT2D eigenvalue weighted by molar-refractivity contribution is 0.793. The van der Waals surface area contributed by atoms with Crippen LogP contribution in [-0.2, 0) is 5.41 Å². The van der Waals surface area contributed by atoms with Crippen LogP contribution in [0.4, 0.5) is 17.1 Å². The predicted octanol–water partition coefficient (Wildman–Crippen LogP) is 19.3. The zero-order valence-corrected chi connectivity index (χ0v) is 41.1. The van der Waals surface area contributed by atoms with Crippen molar-refractivity contribution >= 4 is 38.9 Å². The molecule has 0 saturated heterocycles. The molecule has 0 fully saturated rings. The molecule has 350 valence electrons. The molecule has 2 heteroatoms. The largest absolute Gasteiger partial charge is 0.310 e. The summed E-state index contributed by atoms with van der Waals surface area (Å²) in [6.07, 6.45) is 0. The van der Waals surface area contributed by atoms with E-state index < -0.39 is 5.41 Å². The number of hydrogen-bond donors (Lipinski definition) is 0. The quantitative estimate of drug-likeness (QED) is 0.147. The molecule has 0 aliphatic heterocycles. The van der Waals surface area contributed by atoms with Gasteiger partial charge in [0.1, 0.15) is 0 Å². The van der Waals surface area contributed by atoms with Crippen molar-refractivity contribution in [1.82, 2.24) is 4.57 Å². The Kier molecular flexibility index (Phi) is 9.83. The summed E-state index contributed by atoms with van der Waals surface area (Å²) < 4.78 is 2.45. The SMILES string of the molecule is c1ccc(-c2ccccc2-c2c(-c3ccccc3)cccc2N(c2cccc(-c3cccc4c5ccccc5n(-c5ccccc5)c34)c2)c2ccc3c(c2)C2(c4ccccc4-c4ccccc42)c2ccccc2-3)cc1. The monoisotopic (exact) mass is 952 g/mol. The highest BCUT2D eigenvalue weighted by molar-refractivity contribution is 6.14. The molecule has 1 spiro atoms. The van der Waals surface area contributed by atoms with Gasteiger partial charge in [-0.1, -0.05) is 243 Å². The lowest BCUT2D eigenvalue weighted by atomic mass is 9.70. The zero-order chi connectivity index (χ0) is 49.5. The number of rotatable bonds is 8. The minimum atomic E-state index is -0.516. The van der Waals surface area contributed by atoms with Gasteiger partial charge >= 0.3 is 0 Å². The van der Waals surface area contributed by atoms with Gasteiger partial charge in [0, 0.05) is 39.0 Å². The van der Waals surface area contributed by atoms with Gasteiger partial charge in [0.2, 0.25) is 0 Å². The molecular formula is C73H48N2. The number of anilines is 3. The summed E-state index contributed by atoms with van der Waals surface area (Å²) in [6.45, 7) is 0. The van der Waals surface area contributed by atoms with Crippen LogP contribution in [-0.4, -0.2) is 4.57 Å². The van der Waals surface area contributed by atoms with Gasteiger partial charge in [-0.05, 0) is 126 Å². The van der Waals surface area contributed by atoms with Gasteiger partial charge in [0.15, 0.2) is 0 Å². The van der Waals surface area contributed by atoms with E-state index in [9.17, 15) is 0 Å². The van der Waals surface area contributed by atoms with Gasteiger partial charge in [-0.2, -0.15) is 0 Å². The third-order valence-electron chi connectivity index (χ3n) is 16.0. The van der Waals surface area contributed by atoms with Crippen molar-refractivity contribution in [2.24, 2.45) is 0 Å². The second kappa shape index (κ2) is 17.2. The van der Waals surface area contributed by atoms with E-state index in [2.05, 4.69) is 301 Å². The molecule has 1 heterocycles. The minimum Gasteiger partial charge on any atom is -0.310 e. The maximum atomic E-state index is 2.55. The van der Waals surface area contributed by atoms with E-state index in [1.165, 1.54) is 94.1 Å². The van der Waals surface area contributed by atoms with Crippen molar-refractivity contribution < 1.29 is 0 Å². The molecule has 2 nitrogen and oxygen atoms in total. The Bertz CT molecular complexity index is 4290. The number of nitrogens with zero attached hydrogens (tertiary/aromatic N) is 2. The highest BCUT2D eigenvalue weighted by Crippen LogP contribution is 2.63. The molecule has 0 bridgehead atoms. The minimum absolute atomic E-state index is 0.516. The van der Waals surface area contributed by atoms with Crippen LogP contribution in [0.2, 0.25) is 0 Å². The summed E-state index contributed by atoms with van der Waals surface area (Å²) >= 11 is 0. The molecule has 0 saturated carbocycles. The molecule has 0 radical (unpaired) electrons. The van der Waals surface area contributed by atoms with E-state index in [0.29, 0.717) is 0 Å². The molecule has 15 rings (SSSR count). The fraction of sp³-hybridized carbons (Fsp3) is 0.0137. The molecule has 2 aliphatic rings. The first-order chi connectivity index (χ1) is 37.3. The van der Waals surface area contributed by atoms with E-state index in [4.69, 9.17) is 0 Å². The van der Waals surface area contributed by atoms with E-state index in [1.54, 1.807) is 0 Å². The molecule has 1 aromatic heterocycles. The first-order valence-electron chi connectivity index (χ1n) is 26.0. The van der Waals surface area contributed by atoms with Crippen LogP contribution < -0.4 is 4.90 Å². The van der Waals surface area contributed by atoms with Crippen LogP contribution in [0.5, 0.6) is 0 Å². The number of aromatic nitrogens is 1. The van der Waals surface area contributed by atoms with Crippen LogP contribution >= 0.6 is 0 Å². The van der Waals surface area contributed by atoms with Crippen LogP contribution in [0, 0.1) is 0 Å². The van der Waals surface area contributed by atoms with Crippen molar-refractivity contribution in [2.75, 3.05) is 4.90 Å². The smallest absolute Gasteiger partial charge is 0.0726 e. The molecule has 12 aromatic carbocycles. The van der Waals surface area contributed by atoms with E-state index in [1.807, 2.05) is 0 Å². The number of para-hydroxylation sites is 3. The third-order valence-corrected chi connectivity index (χ3v) is 16.0. The van der Waals surface area contributed by atoms with E-state index >= 15 is 0 Å². The van der Waals surface area contributed by atoms with Gasteiger partial charge in [-0.3, -0.25) is 0 Å². The molecule has 75 heavy (non-hydrogen) atoms. The fourth-order valence-corrected chi connectivity index (χ4v) is 13.0. The molecule has 2 aliphatic carbocycles. The van der Waals surface area contributed by atoms with Crippen LogP contribution in [0.3, 0.4) is 0 Å². The summed E-state index contributed by atoms with van der Waals surface area (Å²) in [5.41, 5.74) is 26.0. The van der Waals surface area contributed by atoms with Crippen LogP contribution in [0.1, 0.15) is 22.3 Å². The Hall–Kier alpha value is -9.76. The highest BCUT2D eigenvalue weighted by Gasteiger charge is 2.51. The summed E-state index contributed by atoms with van der Waals surface area (Å²) in [5, 5.41) is 2.46. The standard InChI is InChI=1S/C73H48N2/c1-4-23-49(24-5-1)55-31-10-11-36-63(55)71-56(50-25-6-2-7-26-50)37-22-44-70(71)74(53-30-20-27-51(47-53)57-38-21-39-64-62-35-15-19-43-69(62)75(72(57)64)52-28-8-3-9-29-52)54-45-46-61-60-34-14-18-42-67(60)73(68(61)48-54)65-40-16-12-32-58(65)59-33-13-17-41-66(59)73/h1-48H. The van der Waals surface area contributed by atoms with Crippen molar-refractivity contribution in [2.45, 2.75) is 5.41 Å². The highest BCUT2D eigenvalue weighted by atomic mass is 15.1. The third kappa shape index (κ3) is 6.46. The summed E-state index contributed by atoms with van der Waals surface area (Å²) in [5.74, 6) is 0. The average Bonchev–Trinajstić information content (AvgIpc) is 4.29. The molecule has 0 N–H and O–H groups in total. The maximum absolute atomic E-state index is 2.55. The van der Waals surface area contributed by atoms with Gasteiger partial charge in [-0.25, -0.2) is 0 Å². The van der Waals surface area contributed by atoms with E-state index in [-0.39, 0.29) is 0 Å². The van der Waals surface area contributed by atoms with Gasteiger partial charge in [0.05, 0.1) is 22.1 Å². The maximum Gasteiger partial charge on any atom is 0.0726 e. The molecule has 0 unspecified atom stereocenters. The Balaban J connectivity index is 1.04. The molecular weight excluding hydrogens is 905 g/mol. The summed E-state index contributed by atoms with van der Waals surface area (Å²) in [6, 6.07) is 108. The lowest BCUT2D eigenvalue weighted by Gasteiger charge is -2.33. The number of hydrogen-bond acceptors (Lipinski definition) is 1. The topological polar surface area (TPSA) is 8.17 Å². The van der Waals surface area contributed by atoms with E-state index in [0.717, 1.165) is 39.4 Å². The van der Waals surface area contributed by atoms with Gasteiger partial charge in [0.25, 0.3) is 0 Å². The van der Waals surface area contributed by atoms with Crippen molar-refractivity contribution in [3.05, 3.63) is 313 Å². The second-order valence-corrected chi connectivity index (χ2v) is 19.9. The normalized spacial score (nSPS) is 12.6. The zero-order valence-electron chi connectivity index (χ0n) is 41.1. The Labute approximate surface area is 437 Å². The summed E-state index contributed by atoms with van der Waals surface area (Å²) in [7, 11) is 0. The first-order valence-corrected chi connectivity index (χ1v) is 26.0. The van der Waals surface area contributed by atoms with Crippen molar-refractivity contribution in [1.29, 1.82) is 0 Å². The second-order valence-electron chi connectivity index (χ2n) is 19.9. The Morgan fingerprint density at radius 2 is 0.747 bits per heavy atom. The van der Waals surface area contributed by atoms with Gasteiger partial charge < -0.3 is 9.47 Å². The van der Waals surface area contributed by atoms with Crippen molar-refractivity contribution in [3.63, 3.8) is 0 Å². The molecule has 13 aromatic rings. The number of benzene rings is 12. The van der Waals surface area contributed by atoms with Gasteiger partial charge in [-0.15, -0.1) is 0 Å². The number of fused-ring (bicyclic) bond motifs is 13. The lowest BCUT2D eigenvalue weighted by Crippen LogP contribution is -2.26. The summed E-state index contributed by atoms with van der Waals surface area (Å²) in [4.78, 5) is 2.55. The Morgan fingerprint density at radius 3 is 1.43 bits per heavy atom. The Morgan fingerprint density at radius 1 is 0.280 bits per heavy atom. The fourth-order valence-electron chi connectivity index (χ4n) is 13.0. The molecule has 0 atom stereocenters. The van der Waals surface area contributed by atoms with Crippen LogP contribution in [0.25, 0.3) is 94.3 Å². The molecule has 0 amide bonds. The van der Waals surface area contributed by atoms with Crippen LogP contribution in [0.15, 0.2) is 291 Å². The first kappa shape index (κ1) is 42.9. The average molecular weight is 953 g/mol. The van der Waals surface area contributed by atoms with Crippen molar-refractivity contribution in [3.8, 4) is 72.4 Å².